The third kappa shape index (κ3) is 5.05. The summed E-state index contributed by atoms with van der Waals surface area (Å²) in [6.45, 7) is 6.65. The molecule has 8 nitrogen and oxygen atoms in total. The van der Waals surface area contributed by atoms with Crippen molar-refractivity contribution in [3.63, 3.8) is 0 Å². The van der Waals surface area contributed by atoms with E-state index < -0.39 is 0 Å². The molecule has 0 bridgehead atoms. The maximum atomic E-state index is 11.2. The number of nitrogens with one attached hydrogen (secondary N) is 1. The lowest BCUT2D eigenvalue weighted by Gasteiger charge is -2.21. The number of anilines is 2. The van der Waals surface area contributed by atoms with Crippen molar-refractivity contribution in [2.24, 2.45) is 5.92 Å². The van der Waals surface area contributed by atoms with Crippen LogP contribution in [0.1, 0.15) is 38.3 Å². The molecule has 31 heavy (non-hydrogen) atoms. The predicted octanol–water partition coefficient (Wildman–Crippen LogP) is 2.68. The molecule has 0 spiro atoms. The van der Waals surface area contributed by atoms with Gasteiger partial charge in [0, 0.05) is 39.2 Å². The van der Waals surface area contributed by atoms with E-state index in [0.717, 1.165) is 49.6 Å². The highest BCUT2D eigenvalue weighted by atomic mass is 16.5. The highest BCUT2D eigenvalue weighted by Gasteiger charge is 2.27. The average Bonchev–Trinajstić information content (AvgIpc) is 3.44. The van der Waals surface area contributed by atoms with Gasteiger partial charge in [-0.25, -0.2) is 4.98 Å². The Morgan fingerprint density at radius 1 is 1.19 bits per heavy atom. The number of carbonyl (C=O) groups is 1. The molecule has 3 atom stereocenters. The SMILES string of the molecule is CC(=O)N[C@@H](C)c1ccc(O[C@@H]2CCN(c3ccnc(N4CCC(C#N)C4)n3)C2)cc1. The molecule has 1 N–H and O–H groups in total. The van der Waals surface area contributed by atoms with Crippen molar-refractivity contribution in [3.8, 4) is 11.8 Å². The van der Waals surface area contributed by atoms with Gasteiger partial charge in [-0.3, -0.25) is 4.79 Å². The number of benzene rings is 1. The lowest BCUT2D eigenvalue weighted by molar-refractivity contribution is -0.119. The van der Waals surface area contributed by atoms with Gasteiger partial charge in [-0.15, -0.1) is 0 Å². The molecule has 3 heterocycles. The molecule has 0 radical (unpaired) electrons. The van der Waals surface area contributed by atoms with E-state index >= 15 is 0 Å². The van der Waals surface area contributed by atoms with Gasteiger partial charge < -0.3 is 19.9 Å². The van der Waals surface area contributed by atoms with Crippen LogP contribution in [-0.2, 0) is 4.79 Å². The Kier molecular flexibility index (Phi) is 6.21. The first-order chi connectivity index (χ1) is 15.0. The Balaban J connectivity index is 1.34. The van der Waals surface area contributed by atoms with Gasteiger partial charge >= 0.3 is 0 Å². The zero-order valence-electron chi connectivity index (χ0n) is 18.0. The minimum atomic E-state index is -0.0404. The highest BCUT2D eigenvalue weighted by molar-refractivity contribution is 5.73. The second kappa shape index (κ2) is 9.21. The summed E-state index contributed by atoms with van der Waals surface area (Å²) in [6, 6.07) is 12.1. The van der Waals surface area contributed by atoms with Crippen LogP contribution in [0.4, 0.5) is 11.8 Å². The fourth-order valence-corrected chi connectivity index (χ4v) is 4.16. The fraction of sp³-hybridized carbons (Fsp3) is 0.478. The molecule has 4 rings (SSSR count). The summed E-state index contributed by atoms with van der Waals surface area (Å²) < 4.78 is 6.18. The molecule has 2 aromatic rings. The minimum absolute atomic E-state index is 0.0282. The van der Waals surface area contributed by atoms with Gasteiger partial charge in [-0.1, -0.05) is 12.1 Å². The zero-order valence-corrected chi connectivity index (χ0v) is 18.0. The van der Waals surface area contributed by atoms with Crippen LogP contribution in [0.2, 0.25) is 0 Å². The molecular formula is C23H28N6O2. The molecular weight excluding hydrogens is 392 g/mol. The molecule has 2 aliphatic rings. The Morgan fingerprint density at radius 3 is 2.68 bits per heavy atom. The number of hydrogen-bond acceptors (Lipinski definition) is 7. The second-order valence-electron chi connectivity index (χ2n) is 8.24. The molecule has 2 saturated heterocycles. The molecule has 1 aromatic carbocycles. The number of aromatic nitrogens is 2. The van der Waals surface area contributed by atoms with Gasteiger partial charge in [0.1, 0.15) is 17.7 Å². The molecule has 1 amide bonds. The van der Waals surface area contributed by atoms with Crippen molar-refractivity contribution in [2.45, 2.75) is 38.8 Å². The third-order valence-electron chi connectivity index (χ3n) is 5.85. The normalized spacial score (nSPS) is 21.6. The summed E-state index contributed by atoms with van der Waals surface area (Å²) in [5, 5.41) is 12.0. The number of nitrogens with zero attached hydrogens (tertiary/aromatic N) is 5. The van der Waals surface area contributed by atoms with Crippen molar-refractivity contribution in [2.75, 3.05) is 36.0 Å². The lowest BCUT2D eigenvalue weighted by atomic mass is 10.1. The van der Waals surface area contributed by atoms with Crippen molar-refractivity contribution in [3.05, 3.63) is 42.1 Å². The summed E-state index contributed by atoms with van der Waals surface area (Å²) in [5.74, 6) is 2.44. The largest absolute Gasteiger partial charge is 0.489 e. The van der Waals surface area contributed by atoms with Crippen LogP contribution < -0.4 is 19.9 Å². The van der Waals surface area contributed by atoms with Crippen LogP contribution in [0.15, 0.2) is 36.5 Å². The van der Waals surface area contributed by atoms with Crippen LogP contribution in [0, 0.1) is 17.2 Å². The Hall–Kier alpha value is -3.34. The van der Waals surface area contributed by atoms with Crippen LogP contribution in [0.3, 0.4) is 0 Å². The number of rotatable bonds is 6. The summed E-state index contributed by atoms with van der Waals surface area (Å²) in [6.07, 6.45) is 3.67. The quantitative estimate of drug-likeness (QED) is 0.768. The Bertz CT molecular complexity index is 957. The van der Waals surface area contributed by atoms with Crippen molar-refractivity contribution in [1.29, 1.82) is 5.26 Å². The minimum Gasteiger partial charge on any atom is -0.489 e. The van der Waals surface area contributed by atoms with Gasteiger partial charge in [0.05, 0.1) is 24.6 Å². The molecule has 1 aromatic heterocycles. The summed E-state index contributed by atoms with van der Waals surface area (Å²) in [7, 11) is 0. The van der Waals surface area contributed by atoms with E-state index in [1.807, 2.05) is 37.3 Å². The first-order valence-corrected chi connectivity index (χ1v) is 10.8. The van der Waals surface area contributed by atoms with Gasteiger partial charge in [-0.05, 0) is 37.1 Å². The molecule has 2 aliphatic heterocycles. The summed E-state index contributed by atoms with van der Waals surface area (Å²) in [4.78, 5) is 24.7. The number of amides is 1. The van der Waals surface area contributed by atoms with Crippen LogP contribution >= 0.6 is 0 Å². The smallest absolute Gasteiger partial charge is 0.227 e. The lowest BCUT2D eigenvalue weighted by Crippen LogP contribution is -2.27. The number of ether oxygens (including phenoxy) is 1. The monoisotopic (exact) mass is 420 g/mol. The van der Waals surface area contributed by atoms with Gasteiger partial charge in [0.15, 0.2) is 0 Å². The second-order valence-corrected chi connectivity index (χ2v) is 8.24. The van der Waals surface area contributed by atoms with Crippen LogP contribution in [-0.4, -0.2) is 48.2 Å². The first-order valence-electron chi connectivity index (χ1n) is 10.8. The Morgan fingerprint density at radius 2 is 1.97 bits per heavy atom. The summed E-state index contributed by atoms with van der Waals surface area (Å²) >= 11 is 0. The molecule has 2 fully saturated rings. The van der Waals surface area contributed by atoms with Gasteiger partial charge in [-0.2, -0.15) is 10.2 Å². The number of nitriles is 1. The van der Waals surface area contributed by atoms with E-state index in [-0.39, 0.29) is 24.0 Å². The van der Waals surface area contributed by atoms with E-state index in [0.29, 0.717) is 12.5 Å². The molecule has 0 saturated carbocycles. The molecule has 162 valence electrons. The first kappa shape index (κ1) is 20.9. The van der Waals surface area contributed by atoms with Gasteiger partial charge in [0.2, 0.25) is 11.9 Å². The van der Waals surface area contributed by atoms with Crippen molar-refractivity contribution in [1.82, 2.24) is 15.3 Å². The van der Waals surface area contributed by atoms with E-state index in [4.69, 9.17) is 15.0 Å². The topological polar surface area (TPSA) is 94.4 Å². The average molecular weight is 421 g/mol. The van der Waals surface area contributed by atoms with E-state index in [9.17, 15) is 4.79 Å². The van der Waals surface area contributed by atoms with E-state index in [1.54, 1.807) is 6.20 Å². The highest BCUT2D eigenvalue weighted by Crippen LogP contribution is 2.26. The van der Waals surface area contributed by atoms with E-state index in [1.165, 1.54) is 6.92 Å². The number of hydrogen-bond donors (Lipinski definition) is 1. The fourth-order valence-electron chi connectivity index (χ4n) is 4.16. The van der Waals surface area contributed by atoms with E-state index in [2.05, 4.69) is 26.2 Å². The summed E-state index contributed by atoms with van der Waals surface area (Å²) in [5.41, 5.74) is 1.05. The van der Waals surface area contributed by atoms with Crippen LogP contribution in [0.5, 0.6) is 5.75 Å². The maximum absolute atomic E-state index is 11.2. The third-order valence-corrected chi connectivity index (χ3v) is 5.85. The predicted molar refractivity (Wildman–Crippen MR) is 118 cm³/mol. The van der Waals surface area contributed by atoms with Crippen LogP contribution in [0.25, 0.3) is 0 Å². The molecule has 1 unspecified atom stereocenters. The van der Waals surface area contributed by atoms with Gasteiger partial charge in [0.25, 0.3) is 0 Å². The standard InChI is InChI=1S/C23H28N6O2/c1-16(26-17(2)30)19-3-5-20(6-4-19)31-21-9-12-28(15-21)22-7-10-25-23(27-22)29-11-8-18(13-24)14-29/h3-7,10,16,18,21H,8-9,11-12,14-15H2,1-2H3,(H,26,30)/t16-,18?,21+/m0/s1. The molecule has 8 heteroatoms. The van der Waals surface area contributed by atoms with Crippen molar-refractivity contribution >= 4 is 17.7 Å². The maximum Gasteiger partial charge on any atom is 0.227 e. The Labute approximate surface area is 182 Å². The molecule has 0 aliphatic carbocycles. The van der Waals surface area contributed by atoms with Crippen molar-refractivity contribution < 1.29 is 9.53 Å². The number of carbonyl (C=O) groups excluding carboxylic acids is 1. The zero-order chi connectivity index (χ0) is 21.8.